The lowest BCUT2D eigenvalue weighted by atomic mass is 10.0. The number of aromatic amines is 1. The zero-order chi connectivity index (χ0) is 29.1. The van der Waals surface area contributed by atoms with Gasteiger partial charge in [0.15, 0.2) is 5.82 Å². The van der Waals surface area contributed by atoms with Crippen molar-refractivity contribution in [3.8, 4) is 11.3 Å². The van der Waals surface area contributed by atoms with Gasteiger partial charge in [0.1, 0.15) is 12.1 Å². The van der Waals surface area contributed by atoms with Crippen LogP contribution in [0.2, 0.25) is 0 Å². The fraction of sp³-hybridized carbons (Fsp3) is 0.200. The molecule has 5 N–H and O–H groups in total. The third kappa shape index (κ3) is 5.88. The number of carboxylic acid groups (broad SMARTS) is 1. The molecular formula is C30H28FN5O5. The number of aromatic nitrogens is 1. The topological polar surface area (TPSA) is 144 Å². The molecule has 0 radical (unpaired) electrons. The average molecular weight is 558 g/mol. The summed E-state index contributed by atoms with van der Waals surface area (Å²) in [5, 5.41) is 17.3. The maximum atomic E-state index is 15.4. The number of nitrogens with one attached hydrogen (secondary N) is 4. The summed E-state index contributed by atoms with van der Waals surface area (Å²) in [6.07, 6.45) is -0.364. The Balaban J connectivity index is 1.34. The van der Waals surface area contributed by atoms with E-state index in [1.165, 1.54) is 17.9 Å². The maximum Gasteiger partial charge on any atom is 0.405 e. The lowest BCUT2D eigenvalue weighted by Gasteiger charge is -2.28. The Morgan fingerprint density at radius 3 is 2.37 bits per heavy atom. The molecule has 10 nitrogen and oxygen atoms in total. The highest BCUT2D eigenvalue weighted by Crippen LogP contribution is 2.32. The molecule has 41 heavy (non-hydrogen) atoms. The summed E-state index contributed by atoms with van der Waals surface area (Å²) >= 11 is 0. The van der Waals surface area contributed by atoms with E-state index in [4.69, 9.17) is 0 Å². The number of fused-ring (bicyclic) bond motifs is 1. The number of H-pyrrole nitrogens is 1. The lowest BCUT2D eigenvalue weighted by molar-refractivity contribution is -0.138. The minimum atomic E-state index is -1.35. The minimum Gasteiger partial charge on any atom is -0.465 e. The second-order valence-corrected chi connectivity index (χ2v) is 9.80. The van der Waals surface area contributed by atoms with Crippen LogP contribution in [0.3, 0.4) is 0 Å². The van der Waals surface area contributed by atoms with Crippen LogP contribution in [0, 0.1) is 5.82 Å². The molecule has 210 valence electrons. The molecule has 1 saturated heterocycles. The SMILES string of the molecule is CC(=O)Nc1ccc(-c2[nH]c3ccc(NC(=O)[C@@H]4CCCN4C(=O)[C@H](NC(=O)O)c4ccccc4)cc3c2F)cc1. The fourth-order valence-corrected chi connectivity index (χ4v) is 5.11. The zero-order valence-corrected chi connectivity index (χ0v) is 22.1. The average Bonchev–Trinajstić information content (AvgIpc) is 3.57. The van der Waals surface area contributed by atoms with Gasteiger partial charge in [-0.15, -0.1) is 0 Å². The summed E-state index contributed by atoms with van der Waals surface area (Å²) in [7, 11) is 0. The number of anilines is 2. The molecule has 1 aliphatic rings. The first kappa shape index (κ1) is 27.4. The van der Waals surface area contributed by atoms with E-state index in [1.807, 2.05) is 0 Å². The number of likely N-dealkylation sites (tertiary alicyclic amines) is 1. The van der Waals surface area contributed by atoms with Gasteiger partial charge in [0.25, 0.3) is 5.91 Å². The predicted molar refractivity (Wildman–Crippen MR) is 152 cm³/mol. The largest absolute Gasteiger partial charge is 0.465 e. The molecule has 0 unspecified atom stereocenters. The van der Waals surface area contributed by atoms with Crippen molar-refractivity contribution in [2.45, 2.75) is 31.8 Å². The number of carbonyl (C=O) groups is 4. The lowest BCUT2D eigenvalue weighted by Crippen LogP contribution is -2.48. The molecule has 1 aliphatic heterocycles. The summed E-state index contributed by atoms with van der Waals surface area (Å²) in [5.41, 5.74) is 2.81. The Morgan fingerprint density at radius 2 is 1.68 bits per heavy atom. The first-order valence-electron chi connectivity index (χ1n) is 13.1. The second-order valence-electron chi connectivity index (χ2n) is 9.80. The van der Waals surface area contributed by atoms with Crippen molar-refractivity contribution in [1.82, 2.24) is 15.2 Å². The van der Waals surface area contributed by atoms with Crippen LogP contribution >= 0.6 is 0 Å². The van der Waals surface area contributed by atoms with Crippen molar-refractivity contribution in [3.63, 3.8) is 0 Å². The quantitative estimate of drug-likeness (QED) is 0.220. The van der Waals surface area contributed by atoms with E-state index in [9.17, 15) is 24.3 Å². The Labute approximate surface area is 234 Å². The summed E-state index contributed by atoms with van der Waals surface area (Å²) in [6.45, 7) is 1.71. The van der Waals surface area contributed by atoms with Crippen LogP contribution in [-0.4, -0.2) is 51.4 Å². The van der Waals surface area contributed by atoms with Crippen LogP contribution in [0.4, 0.5) is 20.6 Å². The number of hydrogen-bond acceptors (Lipinski definition) is 4. The molecule has 4 aromatic rings. The summed E-state index contributed by atoms with van der Waals surface area (Å²) in [5.74, 6) is -1.66. The molecule has 0 saturated carbocycles. The maximum absolute atomic E-state index is 15.4. The molecule has 0 spiro atoms. The van der Waals surface area contributed by atoms with E-state index in [0.29, 0.717) is 47.4 Å². The van der Waals surface area contributed by atoms with E-state index in [2.05, 4.69) is 20.9 Å². The standard InChI is InChI=1S/C30H28FN5O5/c1-17(37)32-20-11-9-19(10-12-20)26-25(31)22-16-21(13-14-23(22)34-26)33-28(38)24-8-5-15-36(24)29(39)27(35-30(40)41)18-6-3-2-4-7-18/h2-4,6-7,9-14,16,24,27,34-35H,5,8,15H2,1H3,(H,32,37)(H,33,38)(H,40,41)/t24-,27+/m0/s1. The van der Waals surface area contributed by atoms with Crippen LogP contribution < -0.4 is 16.0 Å². The van der Waals surface area contributed by atoms with Crippen LogP contribution in [0.15, 0.2) is 72.8 Å². The first-order valence-corrected chi connectivity index (χ1v) is 13.1. The molecule has 1 fully saturated rings. The molecule has 4 amide bonds. The molecule has 2 heterocycles. The predicted octanol–water partition coefficient (Wildman–Crippen LogP) is 4.87. The Morgan fingerprint density at radius 1 is 0.976 bits per heavy atom. The third-order valence-electron chi connectivity index (χ3n) is 6.98. The Kier molecular flexibility index (Phi) is 7.68. The summed E-state index contributed by atoms with van der Waals surface area (Å²) in [4.78, 5) is 53.9. The molecule has 1 aromatic heterocycles. The molecule has 5 rings (SSSR count). The van der Waals surface area contributed by atoms with E-state index in [-0.39, 0.29) is 17.0 Å². The van der Waals surface area contributed by atoms with Crippen LogP contribution in [0.25, 0.3) is 22.2 Å². The van der Waals surface area contributed by atoms with Crippen LogP contribution in [0.1, 0.15) is 31.4 Å². The number of benzene rings is 3. The van der Waals surface area contributed by atoms with Gasteiger partial charge in [-0.05, 0) is 48.7 Å². The number of hydrogen-bond donors (Lipinski definition) is 5. The van der Waals surface area contributed by atoms with Crippen molar-refractivity contribution in [2.24, 2.45) is 0 Å². The normalized spacial score (nSPS) is 15.4. The van der Waals surface area contributed by atoms with Gasteiger partial charge in [-0.1, -0.05) is 42.5 Å². The highest BCUT2D eigenvalue weighted by molar-refractivity contribution is 6.00. The molecule has 0 bridgehead atoms. The second kappa shape index (κ2) is 11.5. The van der Waals surface area contributed by atoms with Gasteiger partial charge in [0.05, 0.1) is 5.69 Å². The van der Waals surface area contributed by atoms with Gasteiger partial charge in [-0.2, -0.15) is 0 Å². The number of halogens is 1. The van der Waals surface area contributed by atoms with Gasteiger partial charge in [0.2, 0.25) is 11.8 Å². The van der Waals surface area contributed by atoms with Gasteiger partial charge in [0, 0.05) is 41.3 Å². The number of nitrogens with zero attached hydrogens (tertiary/aromatic N) is 1. The number of rotatable bonds is 7. The smallest absolute Gasteiger partial charge is 0.405 e. The highest BCUT2D eigenvalue weighted by Gasteiger charge is 2.38. The highest BCUT2D eigenvalue weighted by atomic mass is 19.1. The minimum absolute atomic E-state index is 0.206. The fourth-order valence-electron chi connectivity index (χ4n) is 5.11. The van der Waals surface area contributed by atoms with Crippen molar-refractivity contribution in [1.29, 1.82) is 0 Å². The first-order chi connectivity index (χ1) is 19.7. The zero-order valence-electron chi connectivity index (χ0n) is 22.1. The Hall–Kier alpha value is -5.19. The van der Waals surface area contributed by atoms with Crippen molar-refractivity contribution in [2.75, 3.05) is 17.2 Å². The van der Waals surface area contributed by atoms with Gasteiger partial charge < -0.3 is 30.9 Å². The third-order valence-corrected chi connectivity index (χ3v) is 6.98. The van der Waals surface area contributed by atoms with E-state index in [0.717, 1.165) is 0 Å². The monoisotopic (exact) mass is 557 g/mol. The van der Waals surface area contributed by atoms with Crippen molar-refractivity contribution in [3.05, 3.63) is 84.2 Å². The van der Waals surface area contributed by atoms with Crippen molar-refractivity contribution < 1.29 is 28.7 Å². The van der Waals surface area contributed by atoms with E-state index >= 15 is 4.39 Å². The van der Waals surface area contributed by atoms with E-state index in [1.54, 1.807) is 66.7 Å². The number of amides is 4. The number of carbonyl (C=O) groups excluding carboxylic acids is 3. The van der Waals surface area contributed by atoms with Gasteiger partial charge in [-0.3, -0.25) is 14.4 Å². The molecular weight excluding hydrogens is 529 g/mol. The molecule has 0 aliphatic carbocycles. The van der Waals surface area contributed by atoms with Gasteiger partial charge >= 0.3 is 6.09 Å². The Bertz CT molecular complexity index is 1620. The molecule has 2 atom stereocenters. The summed E-state index contributed by atoms with van der Waals surface area (Å²) < 4.78 is 15.4. The van der Waals surface area contributed by atoms with Crippen LogP contribution in [0.5, 0.6) is 0 Å². The molecule has 11 heteroatoms. The summed E-state index contributed by atoms with van der Waals surface area (Å²) in [6, 6.07) is 18.0. The molecule has 3 aromatic carbocycles. The van der Waals surface area contributed by atoms with Crippen molar-refractivity contribution >= 4 is 46.1 Å². The van der Waals surface area contributed by atoms with Gasteiger partial charge in [-0.25, -0.2) is 9.18 Å². The van der Waals surface area contributed by atoms with Crippen LogP contribution in [-0.2, 0) is 14.4 Å². The van der Waals surface area contributed by atoms with E-state index < -0.39 is 35.8 Å².